The maximum absolute atomic E-state index is 12.3. The fourth-order valence-electron chi connectivity index (χ4n) is 2.12. The van der Waals surface area contributed by atoms with E-state index in [1.165, 1.54) is 12.5 Å². The Bertz CT molecular complexity index is 775. The van der Waals surface area contributed by atoms with Gasteiger partial charge in [0.15, 0.2) is 5.58 Å². The number of hydrogen-bond donors (Lipinski definition) is 0. The topological polar surface area (TPSA) is 69.7 Å². The Morgan fingerprint density at radius 2 is 1.80 bits per heavy atom. The molecule has 0 bridgehead atoms. The van der Waals surface area contributed by atoms with Gasteiger partial charge in [-0.15, -0.1) is 0 Å². The smallest absolute Gasteiger partial charge is 0.379 e. The van der Waals surface area contributed by atoms with Gasteiger partial charge in [0.05, 0.1) is 29.7 Å². The Hall–Kier alpha value is -2.27. The number of benzene rings is 1. The lowest BCUT2D eigenvalue weighted by Gasteiger charge is -2.05. The number of furan rings is 2. The molecule has 0 aliphatic heterocycles. The summed E-state index contributed by atoms with van der Waals surface area (Å²) in [5.41, 5.74) is 0.701. The Labute approximate surface area is 118 Å². The minimum atomic E-state index is -0.935. The van der Waals surface area contributed by atoms with Crippen LogP contribution in [0.5, 0.6) is 0 Å². The van der Waals surface area contributed by atoms with E-state index in [1.54, 1.807) is 19.1 Å². The molecule has 2 aromatic heterocycles. The van der Waals surface area contributed by atoms with Gasteiger partial charge < -0.3 is 13.6 Å². The zero-order chi connectivity index (χ0) is 14.3. The van der Waals surface area contributed by atoms with Crippen LogP contribution in [0.4, 0.5) is 0 Å². The van der Waals surface area contributed by atoms with Gasteiger partial charge >= 0.3 is 5.97 Å². The van der Waals surface area contributed by atoms with Crippen molar-refractivity contribution < 1.29 is 23.2 Å². The van der Waals surface area contributed by atoms with Crippen molar-refractivity contribution in [2.24, 2.45) is 0 Å². The lowest BCUT2D eigenvalue weighted by Crippen LogP contribution is -2.18. The molecule has 3 aromatic rings. The first-order valence-electron chi connectivity index (χ1n) is 5.92. The molecule has 2 heterocycles. The summed E-state index contributed by atoms with van der Waals surface area (Å²) < 4.78 is 15.3. The molecule has 0 radical (unpaired) electrons. The van der Waals surface area contributed by atoms with Gasteiger partial charge in [-0.25, -0.2) is 4.79 Å². The zero-order valence-corrected chi connectivity index (χ0v) is 11.2. The van der Waals surface area contributed by atoms with E-state index >= 15 is 0 Å². The van der Waals surface area contributed by atoms with Crippen molar-refractivity contribution in [3.05, 3.63) is 35.2 Å². The van der Waals surface area contributed by atoms with Crippen LogP contribution >= 0.6 is 11.6 Å². The number of esters is 1. The van der Waals surface area contributed by atoms with E-state index in [4.69, 9.17) is 25.2 Å². The number of ketones is 1. The summed E-state index contributed by atoms with van der Waals surface area (Å²) in [5.74, 6) is -1.72. The fraction of sp³-hybridized carbons (Fsp3) is 0.143. The van der Waals surface area contributed by atoms with Gasteiger partial charge in [-0.3, -0.25) is 4.79 Å². The number of hydrogen-bond acceptors (Lipinski definition) is 5. The maximum Gasteiger partial charge on any atom is 0.379 e. The molecule has 0 aliphatic carbocycles. The van der Waals surface area contributed by atoms with Crippen LogP contribution in [0.1, 0.15) is 17.3 Å². The molecule has 0 saturated heterocycles. The van der Waals surface area contributed by atoms with Crippen LogP contribution in [-0.4, -0.2) is 18.4 Å². The molecule has 0 unspecified atom stereocenters. The maximum atomic E-state index is 12.3. The zero-order valence-electron chi connectivity index (χ0n) is 10.4. The number of carbonyl (C=O) groups is 2. The molecule has 0 fully saturated rings. The summed E-state index contributed by atoms with van der Waals surface area (Å²) in [6.07, 6.45) is 2.80. The predicted octanol–water partition coefficient (Wildman–Crippen LogP) is 3.58. The van der Waals surface area contributed by atoms with E-state index in [0.717, 1.165) is 0 Å². The van der Waals surface area contributed by atoms with Crippen LogP contribution in [0.2, 0.25) is 5.02 Å². The van der Waals surface area contributed by atoms with Crippen molar-refractivity contribution >= 4 is 45.3 Å². The third-order valence-corrected chi connectivity index (χ3v) is 3.33. The quantitative estimate of drug-likeness (QED) is 0.419. The summed E-state index contributed by atoms with van der Waals surface area (Å²) >= 11 is 6.19. The highest BCUT2D eigenvalue weighted by atomic mass is 35.5. The molecule has 0 atom stereocenters. The molecule has 0 spiro atoms. The van der Waals surface area contributed by atoms with Crippen molar-refractivity contribution in [2.45, 2.75) is 6.92 Å². The third-order valence-electron chi connectivity index (χ3n) is 2.95. The molecule has 5 nitrogen and oxygen atoms in total. The van der Waals surface area contributed by atoms with E-state index < -0.39 is 11.8 Å². The van der Waals surface area contributed by atoms with E-state index in [2.05, 4.69) is 0 Å². The Morgan fingerprint density at radius 3 is 2.50 bits per heavy atom. The summed E-state index contributed by atoms with van der Waals surface area (Å²) in [7, 11) is 0. The molecule has 0 aliphatic rings. The number of carbonyl (C=O) groups excluding carboxylic acids is 2. The van der Waals surface area contributed by atoms with Crippen LogP contribution in [-0.2, 0) is 9.53 Å². The third kappa shape index (κ3) is 1.71. The van der Waals surface area contributed by atoms with Gasteiger partial charge in [-0.2, -0.15) is 0 Å². The molecule has 1 aromatic carbocycles. The molecule has 0 N–H and O–H groups in total. The monoisotopic (exact) mass is 292 g/mol. The van der Waals surface area contributed by atoms with Gasteiger partial charge in [-0.1, -0.05) is 11.6 Å². The standard InChI is InChI=1S/C14H9ClO5/c1-2-18-14(17)11(16)9-7-3-5-20-13(7)10(15)8-4-6-19-12(8)9/h3-6H,2H2,1H3. The van der Waals surface area contributed by atoms with Gasteiger partial charge in [0.1, 0.15) is 5.58 Å². The molecule has 0 saturated carbocycles. The Morgan fingerprint density at radius 1 is 1.15 bits per heavy atom. The van der Waals surface area contributed by atoms with E-state index in [0.29, 0.717) is 21.4 Å². The number of fused-ring (bicyclic) bond motifs is 2. The first-order chi connectivity index (χ1) is 9.65. The summed E-state index contributed by atoms with van der Waals surface area (Å²) in [6.45, 7) is 1.75. The highest BCUT2D eigenvalue weighted by molar-refractivity contribution is 6.48. The largest absolute Gasteiger partial charge is 0.463 e. The van der Waals surface area contributed by atoms with Gasteiger partial charge in [0.25, 0.3) is 5.78 Å². The summed E-state index contributed by atoms with van der Waals surface area (Å²) in [4.78, 5) is 23.9. The number of Topliss-reactive ketones (excluding diaryl/α,β-unsaturated/α-hetero) is 1. The van der Waals surface area contributed by atoms with Crippen LogP contribution < -0.4 is 0 Å². The Kier molecular flexibility index (Phi) is 2.99. The van der Waals surface area contributed by atoms with E-state index in [1.807, 2.05) is 0 Å². The lowest BCUT2D eigenvalue weighted by molar-refractivity contribution is -0.137. The first-order valence-corrected chi connectivity index (χ1v) is 6.30. The summed E-state index contributed by atoms with van der Waals surface area (Å²) in [5, 5.41) is 1.28. The molecule has 102 valence electrons. The predicted molar refractivity (Wildman–Crippen MR) is 72.0 cm³/mol. The van der Waals surface area contributed by atoms with Crippen LogP contribution in [0.25, 0.3) is 21.9 Å². The lowest BCUT2D eigenvalue weighted by atomic mass is 10.0. The van der Waals surface area contributed by atoms with Crippen molar-refractivity contribution in [1.29, 1.82) is 0 Å². The second-order valence-corrected chi connectivity index (χ2v) is 4.44. The molecule has 6 heteroatoms. The van der Waals surface area contributed by atoms with Gasteiger partial charge in [-0.05, 0) is 19.1 Å². The number of rotatable bonds is 3. The van der Waals surface area contributed by atoms with Crippen molar-refractivity contribution in [3.8, 4) is 0 Å². The second kappa shape index (κ2) is 4.68. The SMILES string of the molecule is CCOC(=O)C(=O)c1c2ccoc2c(Cl)c2ccoc12. The fourth-order valence-corrected chi connectivity index (χ4v) is 2.42. The molecule has 0 amide bonds. The number of halogens is 1. The average molecular weight is 293 g/mol. The number of ether oxygens (including phenoxy) is 1. The van der Waals surface area contributed by atoms with E-state index in [-0.39, 0.29) is 17.8 Å². The van der Waals surface area contributed by atoms with Crippen molar-refractivity contribution in [3.63, 3.8) is 0 Å². The average Bonchev–Trinajstić information content (AvgIpc) is 3.07. The van der Waals surface area contributed by atoms with Crippen LogP contribution in [0, 0.1) is 0 Å². The van der Waals surface area contributed by atoms with Crippen LogP contribution in [0.3, 0.4) is 0 Å². The van der Waals surface area contributed by atoms with Crippen molar-refractivity contribution in [2.75, 3.05) is 6.61 Å². The van der Waals surface area contributed by atoms with E-state index in [9.17, 15) is 9.59 Å². The molecular weight excluding hydrogens is 284 g/mol. The molecular formula is C14H9ClO5. The van der Waals surface area contributed by atoms with Crippen LogP contribution in [0.15, 0.2) is 33.5 Å². The molecule has 20 heavy (non-hydrogen) atoms. The second-order valence-electron chi connectivity index (χ2n) is 4.07. The van der Waals surface area contributed by atoms with Gasteiger partial charge in [0, 0.05) is 10.8 Å². The highest BCUT2D eigenvalue weighted by Gasteiger charge is 2.27. The normalized spacial score (nSPS) is 11.1. The van der Waals surface area contributed by atoms with Crippen molar-refractivity contribution in [1.82, 2.24) is 0 Å². The first kappa shape index (κ1) is 12.7. The molecule has 3 rings (SSSR count). The highest BCUT2D eigenvalue weighted by Crippen LogP contribution is 2.37. The Balaban J connectivity index is 2.34. The summed E-state index contributed by atoms with van der Waals surface area (Å²) in [6, 6.07) is 3.18. The minimum Gasteiger partial charge on any atom is -0.463 e. The van der Waals surface area contributed by atoms with Gasteiger partial charge in [0.2, 0.25) is 0 Å². The minimum absolute atomic E-state index is 0.108.